The normalized spacial score (nSPS) is 11.4. The summed E-state index contributed by atoms with van der Waals surface area (Å²) in [5.74, 6) is 0.666. The van der Waals surface area contributed by atoms with E-state index in [9.17, 15) is 8.42 Å². The van der Waals surface area contributed by atoms with Gasteiger partial charge in [-0.15, -0.1) is 24.0 Å². The summed E-state index contributed by atoms with van der Waals surface area (Å²) >= 11 is 0. The first-order valence-corrected chi connectivity index (χ1v) is 11.5. The van der Waals surface area contributed by atoms with Crippen LogP contribution in [0.4, 0.5) is 11.4 Å². The number of sulfonamides is 1. The second-order valence-electron chi connectivity index (χ2n) is 6.80. The minimum absolute atomic E-state index is 0. The van der Waals surface area contributed by atoms with E-state index >= 15 is 0 Å². The molecule has 0 aromatic heterocycles. The van der Waals surface area contributed by atoms with Crippen LogP contribution in [-0.4, -0.2) is 47.3 Å². The average Bonchev–Trinajstić information content (AvgIpc) is 2.67. The SMILES string of the molecule is CCN(CCNC(=NC)NCc1ccccc1NS(C)(=O)=O)c1cccc(C)c1.I. The van der Waals surface area contributed by atoms with Crippen LogP contribution in [0.5, 0.6) is 0 Å². The quantitative estimate of drug-likeness (QED) is 0.256. The maximum absolute atomic E-state index is 11.5. The lowest BCUT2D eigenvalue weighted by Gasteiger charge is -2.24. The molecule has 0 aliphatic carbocycles. The smallest absolute Gasteiger partial charge is 0.229 e. The van der Waals surface area contributed by atoms with Gasteiger partial charge >= 0.3 is 0 Å². The van der Waals surface area contributed by atoms with Crippen LogP contribution < -0.4 is 20.3 Å². The lowest BCUT2D eigenvalue weighted by atomic mass is 10.2. The number of nitrogens with zero attached hydrogens (tertiary/aromatic N) is 2. The minimum Gasteiger partial charge on any atom is -0.370 e. The highest BCUT2D eigenvalue weighted by Crippen LogP contribution is 2.16. The zero-order valence-electron chi connectivity index (χ0n) is 18.0. The van der Waals surface area contributed by atoms with Crippen LogP contribution in [0, 0.1) is 6.92 Å². The first-order chi connectivity index (χ1) is 13.8. The van der Waals surface area contributed by atoms with Crippen molar-refractivity contribution in [2.75, 3.05) is 42.6 Å². The molecule has 0 atom stereocenters. The number of aryl methyl sites for hydroxylation is 1. The molecule has 2 rings (SSSR count). The zero-order chi connectivity index (χ0) is 21.3. The summed E-state index contributed by atoms with van der Waals surface area (Å²) in [4.78, 5) is 6.56. The fourth-order valence-electron chi connectivity index (χ4n) is 2.98. The number of benzene rings is 2. The van der Waals surface area contributed by atoms with Gasteiger partial charge in [0, 0.05) is 38.9 Å². The van der Waals surface area contributed by atoms with Crippen LogP contribution in [0.2, 0.25) is 0 Å². The van der Waals surface area contributed by atoms with Gasteiger partial charge in [0.2, 0.25) is 10.0 Å². The molecule has 166 valence electrons. The molecule has 0 saturated heterocycles. The summed E-state index contributed by atoms with van der Waals surface area (Å²) < 4.78 is 25.6. The molecule has 0 aliphatic heterocycles. The maximum Gasteiger partial charge on any atom is 0.229 e. The number of hydrogen-bond donors (Lipinski definition) is 3. The Labute approximate surface area is 197 Å². The number of likely N-dealkylation sites (N-methyl/N-ethyl adjacent to an activating group) is 1. The molecule has 0 amide bonds. The molecule has 0 saturated carbocycles. The molecule has 0 bridgehead atoms. The zero-order valence-corrected chi connectivity index (χ0v) is 21.1. The van der Waals surface area contributed by atoms with Crippen molar-refractivity contribution in [1.29, 1.82) is 0 Å². The first kappa shape index (κ1) is 26.0. The van der Waals surface area contributed by atoms with Crippen molar-refractivity contribution >= 4 is 51.3 Å². The molecule has 0 aliphatic rings. The minimum atomic E-state index is -3.33. The van der Waals surface area contributed by atoms with Crippen LogP contribution in [0.3, 0.4) is 0 Å². The van der Waals surface area contributed by atoms with Gasteiger partial charge in [-0.05, 0) is 43.2 Å². The van der Waals surface area contributed by atoms with Crippen LogP contribution >= 0.6 is 24.0 Å². The van der Waals surface area contributed by atoms with E-state index in [4.69, 9.17) is 0 Å². The Hall–Kier alpha value is -2.01. The number of anilines is 2. The number of para-hydroxylation sites is 1. The summed E-state index contributed by atoms with van der Waals surface area (Å²) in [6.07, 6.45) is 1.14. The van der Waals surface area contributed by atoms with Gasteiger partial charge in [0.25, 0.3) is 0 Å². The molecule has 7 nitrogen and oxygen atoms in total. The lowest BCUT2D eigenvalue weighted by molar-refractivity contribution is 0.606. The largest absolute Gasteiger partial charge is 0.370 e. The fraction of sp³-hybridized carbons (Fsp3) is 0.381. The van der Waals surface area contributed by atoms with E-state index in [0.717, 1.165) is 31.5 Å². The van der Waals surface area contributed by atoms with Crippen molar-refractivity contribution in [3.63, 3.8) is 0 Å². The highest BCUT2D eigenvalue weighted by Gasteiger charge is 2.08. The molecular weight excluding hydrogens is 513 g/mol. The second kappa shape index (κ2) is 12.6. The van der Waals surface area contributed by atoms with E-state index in [2.05, 4.69) is 63.4 Å². The van der Waals surface area contributed by atoms with E-state index < -0.39 is 10.0 Å². The van der Waals surface area contributed by atoms with Crippen molar-refractivity contribution in [3.05, 3.63) is 59.7 Å². The highest BCUT2D eigenvalue weighted by molar-refractivity contribution is 14.0. The number of hydrogen-bond acceptors (Lipinski definition) is 4. The van der Waals surface area contributed by atoms with E-state index in [1.807, 2.05) is 12.1 Å². The van der Waals surface area contributed by atoms with Gasteiger partial charge in [0.1, 0.15) is 0 Å². The number of aliphatic imine (C=N–C) groups is 1. The molecule has 2 aromatic carbocycles. The number of rotatable bonds is 9. The standard InChI is InChI=1S/C21H31N5O2S.HI/c1-5-26(19-11-8-9-17(2)15-19)14-13-23-21(22-3)24-16-18-10-6-7-12-20(18)25-29(4,27)28;/h6-12,15,25H,5,13-14,16H2,1-4H3,(H2,22,23,24);1H. The van der Waals surface area contributed by atoms with Crippen LogP contribution in [0.15, 0.2) is 53.5 Å². The predicted octanol–water partition coefficient (Wildman–Crippen LogP) is 3.18. The third-order valence-corrected chi connectivity index (χ3v) is 5.00. The summed E-state index contributed by atoms with van der Waals surface area (Å²) in [5.41, 5.74) is 3.86. The van der Waals surface area contributed by atoms with Gasteiger partial charge in [-0.3, -0.25) is 9.71 Å². The molecule has 30 heavy (non-hydrogen) atoms. The number of nitrogens with one attached hydrogen (secondary N) is 3. The Morgan fingerprint density at radius 1 is 1.10 bits per heavy atom. The molecule has 0 radical (unpaired) electrons. The summed E-state index contributed by atoms with van der Waals surface area (Å²) in [5, 5.41) is 6.55. The van der Waals surface area contributed by atoms with Gasteiger partial charge in [-0.25, -0.2) is 8.42 Å². The molecule has 0 spiro atoms. The Bertz CT molecular complexity index is 934. The van der Waals surface area contributed by atoms with E-state index in [0.29, 0.717) is 18.2 Å². The van der Waals surface area contributed by atoms with Gasteiger partial charge in [-0.2, -0.15) is 0 Å². The van der Waals surface area contributed by atoms with Gasteiger partial charge < -0.3 is 15.5 Å². The van der Waals surface area contributed by atoms with Crippen molar-refractivity contribution < 1.29 is 8.42 Å². The molecule has 0 unspecified atom stereocenters. The fourth-order valence-corrected chi connectivity index (χ4v) is 3.58. The van der Waals surface area contributed by atoms with E-state index in [1.165, 1.54) is 11.3 Å². The van der Waals surface area contributed by atoms with Crippen LogP contribution in [-0.2, 0) is 16.6 Å². The molecule has 2 aromatic rings. The summed E-state index contributed by atoms with van der Waals surface area (Å²) in [6, 6.07) is 15.8. The van der Waals surface area contributed by atoms with Crippen molar-refractivity contribution in [1.82, 2.24) is 10.6 Å². The molecule has 9 heteroatoms. The summed E-state index contributed by atoms with van der Waals surface area (Å²) in [6.45, 7) is 7.17. The van der Waals surface area contributed by atoms with E-state index in [1.54, 1.807) is 19.2 Å². The highest BCUT2D eigenvalue weighted by atomic mass is 127. The maximum atomic E-state index is 11.5. The molecular formula is C21H32IN5O2S. The van der Waals surface area contributed by atoms with Crippen molar-refractivity contribution in [3.8, 4) is 0 Å². The number of guanidine groups is 1. The Morgan fingerprint density at radius 2 is 1.83 bits per heavy atom. The second-order valence-corrected chi connectivity index (χ2v) is 8.55. The van der Waals surface area contributed by atoms with Crippen molar-refractivity contribution in [2.45, 2.75) is 20.4 Å². The Balaban J connectivity index is 0.00000450. The van der Waals surface area contributed by atoms with Gasteiger partial charge in [0.05, 0.1) is 11.9 Å². The van der Waals surface area contributed by atoms with Gasteiger partial charge in [0.15, 0.2) is 5.96 Å². The molecule has 3 N–H and O–H groups in total. The monoisotopic (exact) mass is 545 g/mol. The first-order valence-electron chi connectivity index (χ1n) is 9.64. The van der Waals surface area contributed by atoms with Crippen LogP contribution in [0.1, 0.15) is 18.1 Å². The average molecular weight is 545 g/mol. The Morgan fingerprint density at radius 3 is 2.47 bits per heavy atom. The van der Waals surface area contributed by atoms with E-state index in [-0.39, 0.29) is 24.0 Å². The third kappa shape index (κ3) is 8.78. The summed E-state index contributed by atoms with van der Waals surface area (Å²) in [7, 11) is -1.61. The topological polar surface area (TPSA) is 85.8 Å². The van der Waals surface area contributed by atoms with Gasteiger partial charge in [-0.1, -0.05) is 30.3 Å². The van der Waals surface area contributed by atoms with Crippen LogP contribution in [0.25, 0.3) is 0 Å². The lowest BCUT2D eigenvalue weighted by Crippen LogP contribution is -2.41. The van der Waals surface area contributed by atoms with Crippen molar-refractivity contribution in [2.24, 2.45) is 4.99 Å². The predicted molar refractivity (Wildman–Crippen MR) is 138 cm³/mol. The molecule has 0 heterocycles. The molecule has 0 fully saturated rings. The Kier molecular flexibility index (Phi) is 11.0. The third-order valence-electron chi connectivity index (χ3n) is 4.41. The number of halogens is 1.